The van der Waals surface area contributed by atoms with Crippen molar-refractivity contribution in [3.05, 3.63) is 72.1 Å². The van der Waals surface area contributed by atoms with E-state index >= 15 is 0 Å². The van der Waals surface area contributed by atoms with Crippen LogP contribution >= 0.6 is 0 Å². The molecule has 33 heavy (non-hydrogen) atoms. The number of halogens is 1. The van der Waals surface area contributed by atoms with Crippen molar-refractivity contribution in [3.63, 3.8) is 0 Å². The van der Waals surface area contributed by atoms with Crippen molar-refractivity contribution in [1.29, 1.82) is 0 Å². The van der Waals surface area contributed by atoms with Crippen LogP contribution in [-0.4, -0.2) is 34.7 Å². The van der Waals surface area contributed by atoms with Crippen molar-refractivity contribution < 1.29 is 4.39 Å². The average Bonchev–Trinajstić information content (AvgIpc) is 3.49. The fourth-order valence-corrected chi connectivity index (χ4v) is 4.25. The fraction of sp³-hybridized carbons (Fsp3) is 0.120. The predicted molar refractivity (Wildman–Crippen MR) is 126 cm³/mol. The summed E-state index contributed by atoms with van der Waals surface area (Å²) in [6, 6.07) is 12.8. The van der Waals surface area contributed by atoms with Crippen molar-refractivity contribution in [2.75, 3.05) is 0 Å². The molecule has 0 saturated heterocycles. The van der Waals surface area contributed by atoms with Gasteiger partial charge in [-0.05, 0) is 61.9 Å². The molecule has 8 heteroatoms. The maximum atomic E-state index is 14.1. The number of aromatic nitrogens is 7. The van der Waals surface area contributed by atoms with E-state index in [0.29, 0.717) is 5.69 Å². The molecule has 5 aromatic heterocycles. The second kappa shape index (κ2) is 7.09. The van der Waals surface area contributed by atoms with Crippen LogP contribution in [0.1, 0.15) is 11.4 Å². The van der Waals surface area contributed by atoms with Crippen LogP contribution in [0.15, 0.2) is 54.9 Å². The van der Waals surface area contributed by atoms with Gasteiger partial charge in [-0.2, -0.15) is 5.10 Å². The van der Waals surface area contributed by atoms with Crippen LogP contribution in [-0.2, 0) is 7.05 Å². The lowest BCUT2D eigenvalue weighted by atomic mass is 10.0. The van der Waals surface area contributed by atoms with E-state index in [-0.39, 0.29) is 5.82 Å². The molecule has 6 aromatic rings. The molecule has 7 nitrogen and oxygen atoms in total. The highest BCUT2D eigenvalue weighted by Gasteiger charge is 2.17. The van der Waals surface area contributed by atoms with E-state index in [9.17, 15) is 4.39 Å². The van der Waals surface area contributed by atoms with Gasteiger partial charge in [0.2, 0.25) is 0 Å². The molecule has 0 aliphatic carbocycles. The molecular weight excluding hydrogens is 417 g/mol. The first-order valence-corrected chi connectivity index (χ1v) is 10.6. The third-order valence-electron chi connectivity index (χ3n) is 6.01. The van der Waals surface area contributed by atoms with Crippen molar-refractivity contribution in [1.82, 2.24) is 34.7 Å². The molecular formula is C25H20FN7. The number of aromatic amines is 2. The molecule has 0 saturated carbocycles. The van der Waals surface area contributed by atoms with E-state index in [1.54, 1.807) is 6.20 Å². The van der Waals surface area contributed by atoms with Crippen LogP contribution in [0.4, 0.5) is 4.39 Å². The van der Waals surface area contributed by atoms with Crippen LogP contribution < -0.4 is 0 Å². The minimum atomic E-state index is -0.278. The number of hydrogen-bond donors (Lipinski definition) is 2. The third kappa shape index (κ3) is 3.10. The molecule has 2 N–H and O–H groups in total. The highest BCUT2D eigenvalue weighted by atomic mass is 19.1. The highest BCUT2D eigenvalue weighted by molar-refractivity contribution is 5.99. The Balaban J connectivity index is 1.52. The molecule has 0 unspecified atom stereocenters. The number of fused-ring (bicyclic) bond motifs is 2. The number of aryl methyl sites for hydroxylation is 2. The zero-order valence-electron chi connectivity index (χ0n) is 18.3. The quantitative estimate of drug-likeness (QED) is 0.392. The van der Waals surface area contributed by atoms with E-state index in [4.69, 9.17) is 4.98 Å². The Morgan fingerprint density at radius 2 is 1.82 bits per heavy atom. The Bertz CT molecular complexity index is 1650. The largest absolute Gasteiger partial charge is 0.353 e. The standard InChI is InChI=1S/C25H20FN7/c1-13-8-15(10-16(26)9-13)23-17-11-21(29-18(17)6-7-27-23)25-24-20(31-32-25)5-4-19(30-24)22-12-28-14(2)33(22)3/h4-12,29H,1-3H3,(H,31,32). The monoisotopic (exact) mass is 437 g/mol. The Kier molecular flexibility index (Phi) is 4.16. The summed E-state index contributed by atoms with van der Waals surface area (Å²) < 4.78 is 16.1. The zero-order valence-corrected chi connectivity index (χ0v) is 18.3. The highest BCUT2D eigenvalue weighted by Crippen LogP contribution is 2.33. The van der Waals surface area contributed by atoms with Crippen LogP contribution in [0.25, 0.3) is 56.0 Å². The Labute approximate surface area is 188 Å². The van der Waals surface area contributed by atoms with Gasteiger partial charge in [-0.1, -0.05) is 0 Å². The van der Waals surface area contributed by atoms with Crippen LogP contribution in [0.2, 0.25) is 0 Å². The van der Waals surface area contributed by atoms with Crippen molar-refractivity contribution in [2.45, 2.75) is 13.8 Å². The van der Waals surface area contributed by atoms with Gasteiger partial charge in [-0.25, -0.2) is 14.4 Å². The molecule has 0 fully saturated rings. The number of imidazole rings is 1. The van der Waals surface area contributed by atoms with Gasteiger partial charge in [-0.3, -0.25) is 10.1 Å². The van der Waals surface area contributed by atoms with Crippen LogP contribution in [0.5, 0.6) is 0 Å². The number of nitrogens with one attached hydrogen (secondary N) is 2. The molecule has 0 radical (unpaired) electrons. The van der Waals surface area contributed by atoms with E-state index in [1.165, 1.54) is 12.1 Å². The second-order valence-corrected chi connectivity index (χ2v) is 8.24. The Hall–Kier alpha value is -4.33. The van der Waals surface area contributed by atoms with E-state index < -0.39 is 0 Å². The summed E-state index contributed by atoms with van der Waals surface area (Å²) in [7, 11) is 1.97. The molecule has 0 aliphatic rings. The van der Waals surface area contributed by atoms with Crippen LogP contribution in [0, 0.1) is 19.7 Å². The lowest BCUT2D eigenvalue weighted by molar-refractivity contribution is 0.627. The van der Waals surface area contributed by atoms with Crippen molar-refractivity contribution >= 4 is 21.9 Å². The van der Waals surface area contributed by atoms with Gasteiger partial charge in [0.15, 0.2) is 0 Å². The summed E-state index contributed by atoms with van der Waals surface area (Å²) in [6.07, 6.45) is 3.55. The summed E-state index contributed by atoms with van der Waals surface area (Å²) in [5, 5.41) is 8.50. The molecule has 6 rings (SSSR count). The molecule has 0 aliphatic heterocycles. The van der Waals surface area contributed by atoms with Crippen molar-refractivity contribution in [3.8, 4) is 34.0 Å². The molecule has 162 valence electrons. The predicted octanol–water partition coefficient (Wildman–Crippen LogP) is 5.32. The fourth-order valence-electron chi connectivity index (χ4n) is 4.25. The summed E-state index contributed by atoms with van der Waals surface area (Å²) in [6.45, 7) is 3.83. The maximum absolute atomic E-state index is 14.1. The Morgan fingerprint density at radius 3 is 2.61 bits per heavy atom. The van der Waals surface area contributed by atoms with Crippen LogP contribution in [0.3, 0.4) is 0 Å². The minimum absolute atomic E-state index is 0.278. The van der Waals surface area contributed by atoms with Gasteiger partial charge in [0.1, 0.15) is 22.9 Å². The number of hydrogen-bond acceptors (Lipinski definition) is 4. The lowest BCUT2D eigenvalue weighted by Crippen LogP contribution is -1.96. The number of H-pyrrole nitrogens is 2. The summed E-state index contributed by atoms with van der Waals surface area (Å²) in [5.74, 6) is 0.641. The second-order valence-electron chi connectivity index (χ2n) is 8.24. The molecule has 0 bridgehead atoms. The topological polar surface area (TPSA) is 88.1 Å². The summed E-state index contributed by atoms with van der Waals surface area (Å²) in [4.78, 5) is 17.2. The van der Waals surface area contributed by atoms with Gasteiger partial charge in [-0.15, -0.1) is 0 Å². The molecule has 0 atom stereocenters. The normalized spacial score (nSPS) is 11.6. The summed E-state index contributed by atoms with van der Waals surface area (Å²) in [5.41, 5.74) is 8.07. The van der Waals surface area contributed by atoms with Crippen molar-refractivity contribution in [2.24, 2.45) is 7.05 Å². The first-order valence-electron chi connectivity index (χ1n) is 10.6. The van der Waals surface area contributed by atoms with Gasteiger partial charge < -0.3 is 9.55 Å². The molecule has 1 aromatic carbocycles. The average molecular weight is 437 g/mol. The minimum Gasteiger partial charge on any atom is -0.353 e. The first kappa shape index (κ1) is 19.4. The van der Waals surface area contributed by atoms with Gasteiger partial charge >= 0.3 is 0 Å². The van der Waals surface area contributed by atoms with E-state index in [0.717, 1.165) is 61.7 Å². The number of benzene rings is 1. The maximum Gasteiger partial charge on any atom is 0.135 e. The molecule has 5 heterocycles. The lowest BCUT2D eigenvalue weighted by Gasteiger charge is -2.04. The Morgan fingerprint density at radius 1 is 0.939 bits per heavy atom. The molecule has 0 amide bonds. The van der Waals surface area contributed by atoms with Gasteiger partial charge in [0, 0.05) is 29.7 Å². The van der Waals surface area contributed by atoms with E-state index in [1.807, 2.05) is 62.0 Å². The number of pyridine rings is 2. The molecule has 0 spiro atoms. The SMILES string of the molecule is Cc1cc(F)cc(-c2nccc3[nH]c(-c4n[nH]c5ccc(-c6cnc(C)n6C)nc45)cc23)c1. The summed E-state index contributed by atoms with van der Waals surface area (Å²) >= 11 is 0. The number of nitrogens with zero attached hydrogens (tertiary/aromatic N) is 5. The van der Waals surface area contributed by atoms with Gasteiger partial charge in [0.05, 0.1) is 34.5 Å². The third-order valence-corrected chi connectivity index (χ3v) is 6.01. The smallest absolute Gasteiger partial charge is 0.135 e. The number of rotatable bonds is 3. The zero-order chi connectivity index (χ0) is 22.7. The van der Waals surface area contributed by atoms with Gasteiger partial charge in [0.25, 0.3) is 0 Å². The first-order chi connectivity index (χ1) is 16.0. The van der Waals surface area contributed by atoms with E-state index in [2.05, 4.69) is 25.1 Å².